The van der Waals surface area contributed by atoms with E-state index in [2.05, 4.69) is 134 Å². The van der Waals surface area contributed by atoms with E-state index in [1.54, 1.807) is 0 Å². The summed E-state index contributed by atoms with van der Waals surface area (Å²) in [6.07, 6.45) is 3.85. The van der Waals surface area contributed by atoms with Gasteiger partial charge < -0.3 is 0 Å². The van der Waals surface area contributed by atoms with Crippen LogP contribution < -0.4 is 0 Å². The second-order valence-electron chi connectivity index (χ2n) is 9.03. The first kappa shape index (κ1) is 21.8. The van der Waals surface area contributed by atoms with Gasteiger partial charge in [-0.25, -0.2) is 0 Å². The first-order valence-corrected chi connectivity index (χ1v) is 12.3. The van der Waals surface area contributed by atoms with Crippen LogP contribution in [0.15, 0.2) is 134 Å². The Balaban J connectivity index is 1.56. The van der Waals surface area contributed by atoms with E-state index in [-0.39, 0.29) is 0 Å². The predicted octanol–water partition coefficient (Wildman–Crippen LogP) is 10.3. The number of benzene rings is 6. The van der Waals surface area contributed by atoms with E-state index in [9.17, 15) is 0 Å². The zero-order valence-electron chi connectivity index (χ0n) is 20.1. The molecule has 0 bridgehead atoms. The molecule has 0 radical (unpaired) electrons. The maximum Gasteiger partial charge on any atom is -0.00988 e. The Morgan fingerprint density at radius 1 is 0.389 bits per heavy atom. The molecule has 0 heterocycles. The maximum atomic E-state index is 4.07. The van der Waals surface area contributed by atoms with Crippen molar-refractivity contribution >= 4 is 33.7 Å². The molecule has 6 rings (SSSR count). The van der Waals surface area contributed by atoms with Crippen molar-refractivity contribution in [1.29, 1.82) is 0 Å². The van der Waals surface area contributed by atoms with Gasteiger partial charge in [0.05, 0.1) is 0 Å². The summed E-state index contributed by atoms with van der Waals surface area (Å²) in [6, 6.07) is 43.5. The van der Waals surface area contributed by atoms with Crippen LogP contribution in [0.5, 0.6) is 0 Å². The van der Waals surface area contributed by atoms with Crippen molar-refractivity contribution < 1.29 is 0 Å². The molecule has 0 aliphatic heterocycles. The van der Waals surface area contributed by atoms with E-state index in [0.29, 0.717) is 0 Å². The minimum absolute atomic E-state index is 1.10. The minimum atomic E-state index is 1.10. The molecule has 0 aromatic heterocycles. The summed E-state index contributed by atoms with van der Waals surface area (Å²) in [4.78, 5) is 0. The normalized spacial score (nSPS) is 11.0. The van der Waals surface area contributed by atoms with Crippen molar-refractivity contribution in [2.75, 3.05) is 0 Å². The molecule has 0 fully saturated rings. The van der Waals surface area contributed by atoms with Crippen molar-refractivity contribution in [2.24, 2.45) is 0 Å². The maximum absolute atomic E-state index is 4.07. The van der Waals surface area contributed by atoms with Gasteiger partial charge >= 0.3 is 0 Å². The van der Waals surface area contributed by atoms with Crippen molar-refractivity contribution in [3.05, 3.63) is 146 Å². The second kappa shape index (κ2) is 9.17. The Kier molecular flexibility index (Phi) is 5.56. The highest BCUT2D eigenvalue weighted by molar-refractivity contribution is 6.07. The van der Waals surface area contributed by atoms with Crippen LogP contribution in [0.2, 0.25) is 0 Å². The van der Waals surface area contributed by atoms with Gasteiger partial charge in [0, 0.05) is 0 Å². The third kappa shape index (κ3) is 3.65. The van der Waals surface area contributed by atoms with Crippen LogP contribution in [0.25, 0.3) is 67.1 Å². The summed E-state index contributed by atoms with van der Waals surface area (Å²) in [7, 11) is 0. The number of hydrogen-bond donors (Lipinski definition) is 0. The van der Waals surface area contributed by atoms with Gasteiger partial charge in [-0.15, -0.1) is 0 Å². The van der Waals surface area contributed by atoms with Crippen molar-refractivity contribution in [3.8, 4) is 33.4 Å². The lowest BCUT2D eigenvalue weighted by Gasteiger charge is -2.15. The Morgan fingerprint density at radius 3 is 1.50 bits per heavy atom. The van der Waals surface area contributed by atoms with Gasteiger partial charge in [-0.05, 0) is 78.2 Å². The number of rotatable bonds is 5. The van der Waals surface area contributed by atoms with Gasteiger partial charge in [-0.1, -0.05) is 135 Å². The molecule has 0 aliphatic carbocycles. The average Bonchev–Trinajstić information content (AvgIpc) is 2.96. The molecule has 0 heteroatoms. The molecule has 0 unspecified atom stereocenters. The quantitative estimate of drug-likeness (QED) is 0.241. The van der Waals surface area contributed by atoms with E-state index in [1.807, 2.05) is 12.2 Å². The monoisotopic (exact) mass is 458 g/mol. The number of hydrogen-bond acceptors (Lipinski definition) is 0. The van der Waals surface area contributed by atoms with Crippen LogP contribution in [0, 0.1) is 0 Å². The van der Waals surface area contributed by atoms with Crippen molar-refractivity contribution in [1.82, 2.24) is 0 Å². The van der Waals surface area contributed by atoms with E-state index in [4.69, 9.17) is 0 Å². The fourth-order valence-corrected chi connectivity index (χ4v) is 5.33. The largest absolute Gasteiger partial charge is 0.0984 e. The van der Waals surface area contributed by atoms with Crippen LogP contribution in [0.1, 0.15) is 11.1 Å². The summed E-state index contributed by atoms with van der Waals surface area (Å²) in [5, 5.41) is 4.94. The lowest BCUT2D eigenvalue weighted by molar-refractivity contribution is 1.60. The van der Waals surface area contributed by atoms with Gasteiger partial charge in [0.2, 0.25) is 0 Å². The topological polar surface area (TPSA) is 0 Å². The third-order valence-corrected chi connectivity index (χ3v) is 7.04. The Bertz CT molecular complexity index is 1750. The molecule has 6 aromatic carbocycles. The predicted molar refractivity (Wildman–Crippen MR) is 158 cm³/mol. The molecule has 6 aromatic rings. The molecular weight excluding hydrogens is 432 g/mol. The highest BCUT2D eigenvalue weighted by Gasteiger charge is 2.13. The average molecular weight is 459 g/mol. The van der Waals surface area contributed by atoms with Gasteiger partial charge in [-0.2, -0.15) is 0 Å². The summed E-state index contributed by atoms with van der Waals surface area (Å²) in [6.45, 7) is 8.12. The fraction of sp³-hybridized carbons (Fsp3) is 0. The number of fused-ring (bicyclic) bond motifs is 2. The van der Waals surface area contributed by atoms with Crippen LogP contribution in [0.4, 0.5) is 0 Å². The molecule has 0 N–H and O–H groups in total. The molecule has 0 saturated heterocycles. The first-order chi connectivity index (χ1) is 17.8. The standard InChI is InChI=1S/C36H26/c1-3-25-24-36(35-20-11-8-17-32(35)29(25)4-2)28-16-12-15-27(23-28)31-22-21-30(26-13-6-5-7-14-26)33-18-9-10-19-34(31)33/h3-24H,1-2H2. The third-order valence-electron chi connectivity index (χ3n) is 7.04. The van der Waals surface area contributed by atoms with Gasteiger partial charge in [-0.3, -0.25) is 0 Å². The van der Waals surface area contributed by atoms with Crippen LogP contribution in [-0.2, 0) is 0 Å². The van der Waals surface area contributed by atoms with E-state index < -0.39 is 0 Å². The van der Waals surface area contributed by atoms with Gasteiger partial charge in [0.25, 0.3) is 0 Å². The molecule has 0 spiro atoms. The summed E-state index contributed by atoms with van der Waals surface area (Å²) < 4.78 is 0. The molecule has 0 amide bonds. The SMILES string of the molecule is C=Cc1cc(-c2cccc(-c3ccc(-c4ccccc4)c4ccccc34)c2)c2ccccc2c1C=C. The summed E-state index contributed by atoms with van der Waals surface area (Å²) in [5.41, 5.74) is 9.57. The lowest BCUT2D eigenvalue weighted by Crippen LogP contribution is -1.90. The van der Waals surface area contributed by atoms with Crippen molar-refractivity contribution in [3.63, 3.8) is 0 Å². The summed E-state index contributed by atoms with van der Waals surface area (Å²) in [5.74, 6) is 0. The second-order valence-corrected chi connectivity index (χ2v) is 9.03. The smallest absolute Gasteiger partial charge is 0.00988 e. The van der Waals surface area contributed by atoms with Crippen molar-refractivity contribution in [2.45, 2.75) is 0 Å². The molecule has 0 aliphatic rings. The van der Waals surface area contributed by atoms with E-state index in [1.165, 1.54) is 54.9 Å². The Morgan fingerprint density at radius 2 is 0.889 bits per heavy atom. The van der Waals surface area contributed by atoms with Crippen LogP contribution in [0.3, 0.4) is 0 Å². The van der Waals surface area contributed by atoms with Crippen LogP contribution >= 0.6 is 0 Å². The van der Waals surface area contributed by atoms with E-state index in [0.717, 1.165) is 11.1 Å². The van der Waals surface area contributed by atoms with Crippen LogP contribution in [-0.4, -0.2) is 0 Å². The molecule has 0 atom stereocenters. The fourth-order valence-electron chi connectivity index (χ4n) is 5.33. The highest BCUT2D eigenvalue weighted by atomic mass is 14.2. The van der Waals surface area contributed by atoms with Gasteiger partial charge in [0.15, 0.2) is 0 Å². The van der Waals surface area contributed by atoms with E-state index >= 15 is 0 Å². The zero-order valence-corrected chi connectivity index (χ0v) is 20.1. The molecule has 0 saturated carbocycles. The first-order valence-electron chi connectivity index (χ1n) is 12.3. The molecule has 36 heavy (non-hydrogen) atoms. The molecule has 170 valence electrons. The molecule has 0 nitrogen and oxygen atoms in total. The Labute approximate surface area is 212 Å². The zero-order chi connectivity index (χ0) is 24.5. The summed E-state index contributed by atoms with van der Waals surface area (Å²) >= 11 is 0. The minimum Gasteiger partial charge on any atom is -0.0984 e. The Hall–Kier alpha value is -4.68. The molecular formula is C36H26. The highest BCUT2D eigenvalue weighted by Crippen LogP contribution is 2.39. The van der Waals surface area contributed by atoms with Gasteiger partial charge in [0.1, 0.15) is 0 Å². The lowest BCUT2D eigenvalue weighted by atomic mass is 9.88.